The van der Waals surface area contributed by atoms with Crippen molar-refractivity contribution in [2.75, 3.05) is 11.9 Å². The highest BCUT2D eigenvalue weighted by molar-refractivity contribution is 9.10. The van der Waals surface area contributed by atoms with Gasteiger partial charge in [0.1, 0.15) is 17.4 Å². The fourth-order valence-electron chi connectivity index (χ4n) is 3.78. The van der Waals surface area contributed by atoms with Gasteiger partial charge in [-0.3, -0.25) is 4.79 Å². The fourth-order valence-corrected chi connectivity index (χ4v) is 4.20. The van der Waals surface area contributed by atoms with Crippen molar-refractivity contribution in [1.29, 1.82) is 0 Å². The molecule has 136 valence electrons. The van der Waals surface area contributed by atoms with Crippen molar-refractivity contribution in [2.24, 2.45) is 0 Å². The first-order valence-corrected chi connectivity index (χ1v) is 9.20. The van der Waals surface area contributed by atoms with Crippen LogP contribution < -0.4 is 15.4 Å². The van der Waals surface area contributed by atoms with E-state index in [0.717, 1.165) is 31.1 Å². The number of halogens is 3. The number of amides is 1. The van der Waals surface area contributed by atoms with E-state index in [4.69, 9.17) is 16.3 Å². The molecule has 3 fully saturated rings. The van der Waals surface area contributed by atoms with Crippen LogP contribution in [0.15, 0.2) is 35.2 Å². The normalized spacial score (nSPS) is 25.7. The fraction of sp³-hybridized carbons (Fsp3) is 0.353. The molecule has 1 aromatic carbocycles. The van der Waals surface area contributed by atoms with Crippen molar-refractivity contribution in [1.82, 2.24) is 15.3 Å². The molecule has 26 heavy (non-hydrogen) atoms. The molecule has 2 aromatic rings. The van der Waals surface area contributed by atoms with Crippen LogP contribution in [-0.4, -0.2) is 33.6 Å². The van der Waals surface area contributed by atoms with Crippen molar-refractivity contribution in [3.8, 4) is 5.75 Å². The molecule has 6 nitrogen and oxygen atoms in total. The van der Waals surface area contributed by atoms with Crippen LogP contribution in [0.25, 0.3) is 0 Å². The summed E-state index contributed by atoms with van der Waals surface area (Å²) < 4.78 is 19.2. The van der Waals surface area contributed by atoms with E-state index < -0.39 is 5.82 Å². The monoisotopic (exact) mass is 440 g/mol. The Labute approximate surface area is 162 Å². The summed E-state index contributed by atoms with van der Waals surface area (Å²) in [5, 5.41) is 6.44. The Morgan fingerprint density at radius 2 is 2.08 bits per heavy atom. The first kappa shape index (κ1) is 17.5. The van der Waals surface area contributed by atoms with Crippen LogP contribution in [0.2, 0.25) is 5.02 Å². The lowest BCUT2D eigenvalue weighted by molar-refractivity contribution is -0.135. The zero-order valence-corrected chi connectivity index (χ0v) is 15.9. The second kappa shape index (κ2) is 6.35. The van der Waals surface area contributed by atoms with Gasteiger partial charge in [-0.15, -0.1) is 0 Å². The average Bonchev–Trinajstić information content (AvgIpc) is 2.53. The van der Waals surface area contributed by atoms with Crippen molar-refractivity contribution in [3.05, 3.63) is 46.0 Å². The largest absolute Gasteiger partial charge is 0.484 e. The van der Waals surface area contributed by atoms with Crippen LogP contribution in [0, 0.1) is 5.82 Å². The summed E-state index contributed by atoms with van der Waals surface area (Å²) in [6.07, 6.45) is 4.19. The summed E-state index contributed by atoms with van der Waals surface area (Å²) in [7, 11) is 0. The summed E-state index contributed by atoms with van der Waals surface area (Å²) >= 11 is 8.86. The number of nitrogens with one attached hydrogen (secondary N) is 2. The van der Waals surface area contributed by atoms with Crippen molar-refractivity contribution >= 4 is 39.3 Å². The topological polar surface area (TPSA) is 76.1 Å². The Balaban J connectivity index is 1.25. The number of hydrogen-bond acceptors (Lipinski definition) is 5. The van der Waals surface area contributed by atoms with Crippen molar-refractivity contribution < 1.29 is 13.9 Å². The number of hydrogen-bond donors (Lipinski definition) is 2. The molecular weight excluding hydrogens is 427 g/mol. The van der Waals surface area contributed by atoms with Crippen LogP contribution >= 0.6 is 27.5 Å². The highest BCUT2D eigenvalue weighted by Gasteiger charge is 2.68. The minimum absolute atomic E-state index is 0.0127. The summed E-state index contributed by atoms with van der Waals surface area (Å²) in [5.41, 5.74) is -0.190. The van der Waals surface area contributed by atoms with Crippen molar-refractivity contribution in [3.63, 3.8) is 0 Å². The smallest absolute Gasteiger partial charge is 0.258 e. The lowest BCUT2D eigenvalue weighted by Gasteiger charge is -2.70. The molecule has 3 aliphatic carbocycles. The predicted molar refractivity (Wildman–Crippen MR) is 97.7 cm³/mol. The SMILES string of the molecule is O=C(COc1ccc(Cl)c(F)c1)NC12CC(Nc3ccnc(Br)n3)(C1)C2. The number of rotatable bonds is 6. The number of carbonyl (C=O) groups is 1. The minimum atomic E-state index is -0.576. The van der Waals surface area contributed by atoms with Crippen LogP contribution in [0.5, 0.6) is 5.75 Å². The second-order valence-electron chi connectivity index (χ2n) is 6.84. The Morgan fingerprint density at radius 1 is 1.31 bits per heavy atom. The molecule has 2 bridgehead atoms. The van der Waals surface area contributed by atoms with E-state index in [1.807, 2.05) is 6.07 Å². The van der Waals surface area contributed by atoms with Crippen molar-refractivity contribution in [2.45, 2.75) is 30.3 Å². The third-order valence-corrected chi connectivity index (χ3v) is 5.40. The predicted octanol–water partition coefficient (Wildman–Crippen LogP) is 3.31. The van der Waals surface area contributed by atoms with Gasteiger partial charge in [0, 0.05) is 23.3 Å². The molecule has 3 aliphatic rings. The van der Waals surface area contributed by atoms with Crippen LogP contribution in [0.4, 0.5) is 10.2 Å². The molecule has 0 atom stereocenters. The average molecular weight is 442 g/mol. The maximum Gasteiger partial charge on any atom is 0.258 e. The Morgan fingerprint density at radius 3 is 2.77 bits per heavy atom. The number of ether oxygens (including phenoxy) is 1. The highest BCUT2D eigenvalue weighted by Crippen LogP contribution is 2.61. The lowest BCUT2D eigenvalue weighted by Crippen LogP contribution is -2.81. The van der Waals surface area contributed by atoms with Gasteiger partial charge in [0.05, 0.1) is 5.02 Å². The standard InChI is InChI=1S/C17H15BrClFN4O2/c18-15-21-4-3-13(22-15)23-16-7-17(8-16,9-16)24-14(25)6-26-10-1-2-11(19)12(20)5-10/h1-5H,6-9H2,(H,24,25)(H,21,22,23). The molecule has 0 aliphatic heterocycles. The van der Waals surface area contributed by atoms with Gasteiger partial charge < -0.3 is 15.4 Å². The van der Waals surface area contributed by atoms with E-state index in [2.05, 4.69) is 36.5 Å². The molecular formula is C17H15BrClFN4O2. The van der Waals surface area contributed by atoms with E-state index in [9.17, 15) is 9.18 Å². The number of carbonyl (C=O) groups excluding carboxylic acids is 1. The molecule has 9 heteroatoms. The van der Waals surface area contributed by atoms with Gasteiger partial charge in [0.25, 0.3) is 5.91 Å². The zero-order chi connectivity index (χ0) is 18.4. The highest BCUT2D eigenvalue weighted by atomic mass is 79.9. The number of aromatic nitrogens is 2. The molecule has 1 amide bonds. The van der Waals surface area contributed by atoms with Gasteiger partial charge in [0.2, 0.25) is 0 Å². The van der Waals surface area contributed by atoms with E-state index in [1.165, 1.54) is 12.1 Å². The third-order valence-electron chi connectivity index (χ3n) is 4.72. The molecule has 3 saturated carbocycles. The Kier molecular flexibility index (Phi) is 4.27. The third kappa shape index (κ3) is 3.35. The summed E-state index contributed by atoms with van der Waals surface area (Å²) in [6, 6.07) is 5.90. The molecule has 1 aromatic heterocycles. The van der Waals surface area contributed by atoms with Gasteiger partial charge >= 0.3 is 0 Å². The molecule has 0 unspecified atom stereocenters. The van der Waals surface area contributed by atoms with E-state index >= 15 is 0 Å². The molecule has 0 radical (unpaired) electrons. The quantitative estimate of drug-likeness (QED) is 0.673. The second-order valence-corrected chi connectivity index (χ2v) is 7.96. The maximum absolute atomic E-state index is 13.4. The minimum Gasteiger partial charge on any atom is -0.484 e. The molecule has 0 saturated heterocycles. The Bertz CT molecular complexity index is 862. The van der Waals surface area contributed by atoms with Gasteiger partial charge in [-0.25, -0.2) is 14.4 Å². The van der Waals surface area contributed by atoms with Gasteiger partial charge in [0.15, 0.2) is 11.3 Å². The maximum atomic E-state index is 13.4. The van der Waals surface area contributed by atoms with Gasteiger partial charge in [-0.2, -0.15) is 0 Å². The molecule has 2 N–H and O–H groups in total. The van der Waals surface area contributed by atoms with Gasteiger partial charge in [-0.05, 0) is 53.4 Å². The Hall–Kier alpha value is -1.93. The number of benzene rings is 1. The molecule has 5 rings (SSSR count). The van der Waals surface area contributed by atoms with Crippen LogP contribution in [0.1, 0.15) is 19.3 Å². The van der Waals surface area contributed by atoms with E-state index in [0.29, 0.717) is 4.73 Å². The summed E-state index contributed by atoms with van der Waals surface area (Å²) in [6.45, 7) is -0.165. The number of anilines is 1. The summed E-state index contributed by atoms with van der Waals surface area (Å²) in [4.78, 5) is 20.4. The summed E-state index contributed by atoms with van der Waals surface area (Å²) in [5.74, 6) is 0.235. The van der Waals surface area contributed by atoms with Crippen LogP contribution in [-0.2, 0) is 4.79 Å². The molecule has 1 heterocycles. The lowest BCUT2D eigenvalue weighted by atomic mass is 9.44. The van der Waals surface area contributed by atoms with Crippen LogP contribution in [0.3, 0.4) is 0 Å². The van der Waals surface area contributed by atoms with Gasteiger partial charge in [-0.1, -0.05) is 11.6 Å². The first-order valence-electron chi connectivity index (χ1n) is 8.03. The zero-order valence-electron chi connectivity index (χ0n) is 13.6. The van der Waals surface area contributed by atoms with E-state index in [1.54, 1.807) is 6.20 Å². The molecule has 0 spiro atoms. The first-order chi connectivity index (χ1) is 12.4. The number of nitrogens with zero attached hydrogens (tertiary/aromatic N) is 2. The van der Waals surface area contributed by atoms with E-state index in [-0.39, 0.29) is 34.4 Å².